The van der Waals surface area contributed by atoms with Gasteiger partial charge in [-0.2, -0.15) is 0 Å². The summed E-state index contributed by atoms with van der Waals surface area (Å²) in [6.07, 6.45) is 2.44. The van der Waals surface area contributed by atoms with Gasteiger partial charge >= 0.3 is 0 Å². The van der Waals surface area contributed by atoms with E-state index in [9.17, 15) is 4.79 Å². The van der Waals surface area contributed by atoms with Gasteiger partial charge in [0.05, 0.1) is 5.69 Å². The highest BCUT2D eigenvalue weighted by molar-refractivity contribution is 9.10. The van der Waals surface area contributed by atoms with Gasteiger partial charge in [-0.1, -0.05) is 6.92 Å². The zero-order valence-electron chi connectivity index (χ0n) is 9.61. The van der Waals surface area contributed by atoms with Crippen LogP contribution in [0, 0.1) is 0 Å². The number of nitrogens with two attached hydrogens (primary N) is 1. The minimum Gasteiger partial charge on any atom is -0.396 e. The fraction of sp³-hybridized carbons (Fsp3) is 0.455. The van der Waals surface area contributed by atoms with Gasteiger partial charge in [-0.15, -0.1) is 0 Å². The number of halogens is 1. The van der Waals surface area contributed by atoms with Crippen molar-refractivity contribution in [2.45, 2.75) is 19.4 Å². The van der Waals surface area contributed by atoms with Gasteiger partial charge in [-0.25, -0.2) is 4.98 Å². The van der Waals surface area contributed by atoms with Crippen molar-refractivity contribution >= 4 is 33.3 Å². The minimum absolute atomic E-state index is 0.0443. The predicted octanol–water partition coefficient (Wildman–Crippen LogP) is 1.14. The molecule has 1 atom stereocenters. The van der Waals surface area contributed by atoms with Crippen molar-refractivity contribution in [2.75, 3.05) is 23.7 Å². The quantitative estimate of drug-likeness (QED) is 0.859. The summed E-state index contributed by atoms with van der Waals surface area (Å²) in [7, 11) is 0. The number of hydrogen-bond acceptors (Lipinski definition) is 4. The second kappa shape index (κ2) is 4.91. The SMILES string of the molecule is CCC1C(=O)NCCN1c1ncc(Br)cc1N. The summed E-state index contributed by atoms with van der Waals surface area (Å²) in [6.45, 7) is 3.35. The normalized spacial score (nSPS) is 20.2. The lowest BCUT2D eigenvalue weighted by Crippen LogP contribution is -2.55. The van der Waals surface area contributed by atoms with Crippen LogP contribution in [-0.2, 0) is 4.79 Å². The van der Waals surface area contributed by atoms with E-state index in [1.165, 1.54) is 0 Å². The Kier molecular flexibility index (Phi) is 3.51. The molecule has 0 aliphatic carbocycles. The van der Waals surface area contributed by atoms with E-state index >= 15 is 0 Å². The Hall–Kier alpha value is -1.30. The molecule has 1 amide bonds. The second-order valence-electron chi connectivity index (χ2n) is 3.97. The molecule has 3 N–H and O–H groups in total. The van der Waals surface area contributed by atoms with Gasteiger partial charge < -0.3 is 16.0 Å². The average molecular weight is 299 g/mol. The molecule has 1 aromatic rings. The number of piperazine rings is 1. The maximum atomic E-state index is 11.8. The fourth-order valence-electron chi connectivity index (χ4n) is 2.06. The van der Waals surface area contributed by atoms with Gasteiger partial charge in [0.1, 0.15) is 6.04 Å². The maximum Gasteiger partial charge on any atom is 0.242 e. The third-order valence-corrected chi connectivity index (χ3v) is 3.28. The van der Waals surface area contributed by atoms with Gasteiger partial charge in [0.15, 0.2) is 5.82 Å². The van der Waals surface area contributed by atoms with Crippen LogP contribution in [0.5, 0.6) is 0 Å². The molecule has 1 unspecified atom stereocenters. The standard InChI is InChI=1S/C11H15BrN4O/c1-2-9-11(17)14-3-4-16(9)10-8(13)5-7(12)6-15-10/h5-6,9H,2-4,13H2,1H3,(H,14,17). The topological polar surface area (TPSA) is 71.2 Å². The van der Waals surface area contributed by atoms with Gasteiger partial charge in [-0.3, -0.25) is 4.79 Å². The molecule has 6 heteroatoms. The molecule has 0 spiro atoms. The molecule has 1 aliphatic heterocycles. The van der Waals surface area contributed by atoms with E-state index in [1.807, 2.05) is 17.9 Å². The first-order valence-electron chi connectivity index (χ1n) is 5.59. The summed E-state index contributed by atoms with van der Waals surface area (Å²) in [4.78, 5) is 18.0. The molecule has 0 saturated carbocycles. The van der Waals surface area contributed by atoms with Gasteiger partial charge in [0.2, 0.25) is 5.91 Å². The van der Waals surface area contributed by atoms with Gasteiger partial charge in [0, 0.05) is 23.8 Å². The molecule has 17 heavy (non-hydrogen) atoms. The summed E-state index contributed by atoms with van der Waals surface area (Å²) in [6, 6.07) is 1.63. The number of rotatable bonds is 2. The highest BCUT2D eigenvalue weighted by atomic mass is 79.9. The third-order valence-electron chi connectivity index (χ3n) is 2.85. The molecule has 2 rings (SSSR count). The van der Waals surface area contributed by atoms with Crippen molar-refractivity contribution in [3.63, 3.8) is 0 Å². The van der Waals surface area contributed by atoms with Crippen molar-refractivity contribution in [3.05, 3.63) is 16.7 Å². The molecule has 0 aromatic carbocycles. The van der Waals surface area contributed by atoms with Gasteiger partial charge in [-0.05, 0) is 28.4 Å². The lowest BCUT2D eigenvalue weighted by atomic mass is 10.1. The number of carbonyl (C=O) groups is 1. The first-order valence-corrected chi connectivity index (χ1v) is 6.38. The van der Waals surface area contributed by atoms with Crippen molar-refractivity contribution in [1.82, 2.24) is 10.3 Å². The highest BCUT2D eigenvalue weighted by Crippen LogP contribution is 2.26. The lowest BCUT2D eigenvalue weighted by molar-refractivity contribution is -0.123. The number of nitrogens with one attached hydrogen (secondary N) is 1. The van der Waals surface area contributed by atoms with E-state index in [2.05, 4.69) is 26.2 Å². The molecular weight excluding hydrogens is 284 g/mol. The van der Waals surface area contributed by atoms with Crippen LogP contribution in [0.15, 0.2) is 16.7 Å². The molecule has 1 aromatic heterocycles. The molecule has 0 radical (unpaired) electrons. The third kappa shape index (κ3) is 2.36. The van der Waals surface area contributed by atoms with E-state index in [1.54, 1.807) is 6.20 Å². The molecule has 5 nitrogen and oxygen atoms in total. The number of carbonyl (C=O) groups excluding carboxylic acids is 1. The van der Waals surface area contributed by atoms with Crippen LogP contribution in [0.3, 0.4) is 0 Å². The van der Waals surface area contributed by atoms with E-state index < -0.39 is 0 Å². The number of aromatic nitrogens is 1. The maximum absolute atomic E-state index is 11.8. The summed E-state index contributed by atoms with van der Waals surface area (Å²) in [5, 5.41) is 2.86. The largest absolute Gasteiger partial charge is 0.396 e. The molecule has 0 bridgehead atoms. The van der Waals surface area contributed by atoms with E-state index in [0.717, 1.165) is 17.4 Å². The van der Waals surface area contributed by atoms with Crippen molar-refractivity contribution in [3.8, 4) is 0 Å². The molecule has 1 saturated heterocycles. The molecule has 1 fully saturated rings. The van der Waals surface area contributed by atoms with E-state index in [0.29, 0.717) is 18.1 Å². The Labute approximate surface area is 109 Å². The van der Waals surface area contributed by atoms with E-state index in [4.69, 9.17) is 5.73 Å². The van der Waals surface area contributed by atoms with Crippen molar-refractivity contribution in [2.24, 2.45) is 0 Å². The number of anilines is 2. The molecule has 2 heterocycles. The van der Waals surface area contributed by atoms with Crippen molar-refractivity contribution in [1.29, 1.82) is 0 Å². The summed E-state index contributed by atoms with van der Waals surface area (Å²) in [5.41, 5.74) is 6.54. The first kappa shape index (κ1) is 12.2. The van der Waals surface area contributed by atoms with Crippen molar-refractivity contribution < 1.29 is 4.79 Å². The number of amides is 1. The van der Waals surface area contributed by atoms with Crippen LogP contribution >= 0.6 is 15.9 Å². The van der Waals surface area contributed by atoms with Crippen LogP contribution in [0.1, 0.15) is 13.3 Å². The highest BCUT2D eigenvalue weighted by Gasteiger charge is 2.29. The number of hydrogen-bond donors (Lipinski definition) is 2. The van der Waals surface area contributed by atoms with Crippen LogP contribution in [0.4, 0.5) is 11.5 Å². The number of pyridine rings is 1. The first-order chi connectivity index (χ1) is 8.13. The smallest absolute Gasteiger partial charge is 0.242 e. The molecule has 92 valence electrons. The summed E-state index contributed by atoms with van der Waals surface area (Å²) in [5.74, 6) is 0.734. The summed E-state index contributed by atoms with van der Waals surface area (Å²) < 4.78 is 0.841. The lowest BCUT2D eigenvalue weighted by Gasteiger charge is -2.35. The monoisotopic (exact) mass is 298 g/mol. The number of nitrogen functional groups attached to an aromatic ring is 1. The predicted molar refractivity (Wildman–Crippen MR) is 70.8 cm³/mol. The number of nitrogens with zero attached hydrogens (tertiary/aromatic N) is 2. The van der Waals surface area contributed by atoms with Crippen LogP contribution in [0.25, 0.3) is 0 Å². The molecular formula is C11H15BrN4O. The van der Waals surface area contributed by atoms with E-state index in [-0.39, 0.29) is 11.9 Å². The Morgan fingerprint density at radius 3 is 3.12 bits per heavy atom. The fourth-order valence-corrected chi connectivity index (χ4v) is 2.41. The minimum atomic E-state index is -0.181. The Balaban J connectivity index is 2.33. The zero-order valence-corrected chi connectivity index (χ0v) is 11.2. The molecule has 1 aliphatic rings. The Morgan fingerprint density at radius 2 is 2.47 bits per heavy atom. The Morgan fingerprint density at radius 1 is 1.71 bits per heavy atom. The Bertz CT molecular complexity index is 437. The second-order valence-corrected chi connectivity index (χ2v) is 4.89. The van der Waals surface area contributed by atoms with Crippen LogP contribution < -0.4 is 16.0 Å². The average Bonchev–Trinajstić information content (AvgIpc) is 2.29. The van der Waals surface area contributed by atoms with Gasteiger partial charge in [0.25, 0.3) is 0 Å². The van der Waals surface area contributed by atoms with Crippen LogP contribution in [0.2, 0.25) is 0 Å². The zero-order chi connectivity index (χ0) is 12.4. The van der Waals surface area contributed by atoms with Crippen LogP contribution in [-0.4, -0.2) is 30.0 Å². The summed E-state index contributed by atoms with van der Waals surface area (Å²) >= 11 is 3.32.